The molecule has 0 aliphatic carbocycles. The summed E-state index contributed by atoms with van der Waals surface area (Å²) >= 11 is 0. The van der Waals surface area contributed by atoms with E-state index in [1.54, 1.807) is 12.1 Å². The largest absolute Gasteiger partial charge is 0.427 e. The summed E-state index contributed by atoms with van der Waals surface area (Å²) in [5.41, 5.74) is 1.20. The first kappa shape index (κ1) is 10.5. The maximum absolute atomic E-state index is 8.58. The highest BCUT2D eigenvalue weighted by Crippen LogP contribution is 2.29. The minimum Gasteiger partial charge on any atom is -0.427 e. The van der Waals surface area contributed by atoms with Gasteiger partial charge in [0.15, 0.2) is 0 Å². The van der Waals surface area contributed by atoms with E-state index in [-0.39, 0.29) is 0 Å². The van der Waals surface area contributed by atoms with E-state index >= 15 is 0 Å². The van der Waals surface area contributed by atoms with Gasteiger partial charge in [0.1, 0.15) is 5.75 Å². The fourth-order valence-corrected chi connectivity index (χ4v) is 1.32. The smallest absolute Gasteiger partial charge is 0.391 e. The molecule has 72 valence electrons. The van der Waals surface area contributed by atoms with Crippen LogP contribution in [-0.4, -0.2) is 9.79 Å². The predicted molar refractivity (Wildman–Crippen MR) is 52.5 cm³/mol. The van der Waals surface area contributed by atoms with Gasteiger partial charge in [-0.25, -0.2) is 0 Å². The van der Waals surface area contributed by atoms with Crippen molar-refractivity contribution in [2.24, 2.45) is 0 Å². The molecule has 0 aromatic heterocycles. The molecule has 0 heterocycles. The summed E-state index contributed by atoms with van der Waals surface area (Å²) < 4.78 is 4.72. The van der Waals surface area contributed by atoms with E-state index in [1.165, 1.54) is 5.56 Å². The predicted octanol–water partition coefficient (Wildman–Crippen LogP) is 2.40. The van der Waals surface area contributed by atoms with E-state index in [9.17, 15) is 0 Å². The first-order valence-electron chi connectivity index (χ1n) is 4.05. The second-order valence-corrected chi connectivity index (χ2v) is 3.76. The Labute approximate surface area is 79.0 Å². The van der Waals surface area contributed by atoms with E-state index in [2.05, 4.69) is 13.8 Å². The molecule has 2 N–H and O–H groups in total. The molecule has 0 saturated carbocycles. The summed E-state index contributed by atoms with van der Waals surface area (Å²) in [6.07, 6.45) is 0. The number of hydrogen-bond donors (Lipinski definition) is 2. The van der Waals surface area contributed by atoms with Crippen LogP contribution in [0.3, 0.4) is 0 Å². The fraction of sp³-hybridized carbons (Fsp3) is 0.333. The van der Waals surface area contributed by atoms with Gasteiger partial charge in [-0.2, -0.15) is 0 Å². The molecule has 4 heteroatoms. The van der Waals surface area contributed by atoms with Crippen molar-refractivity contribution in [3.05, 3.63) is 29.8 Å². The van der Waals surface area contributed by atoms with Crippen LogP contribution in [-0.2, 0) is 0 Å². The lowest BCUT2D eigenvalue weighted by Crippen LogP contribution is -1.88. The highest BCUT2D eigenvalue weighted by atomic mass is 31.2. The zero-order valence-electron chi connectivity index (χ0n) is 7.64. The number of rotatable bonds is 3. The quantitative estimate of drug-likeness (QED) is 0.736. The van der Waals surface area contributed by atoms with Gasteiger partial charge in [-0.3, -0.25) is 0 Å². The fourth-order valence-electron chi connectivity index (χ4n) is 1.01. The molecule has 3 nitrogen and oxygen atoms in total. The Morgan fingerprint density at radius 1 is 1.15 bits per heavy atom. The van der Waals surface area contributed by atoms with E-state index in [4.69, 9.17) is 14.3 Å². The Morgan fingerprint density at radius 3 is 2.08 bits per heavy atom. The van der Waals surface area contributed by atoms with Crippen molar-refractivity contribution >= 4 is 8.60 Å². The molecule has 0 fully saturated rings. The van der Waals surface area contributed by atoms with Gasteiger partial charge in [-0.15, -0.1) is 0 Å². The molecule has 0 radical (unpaired) electrons. The summed E-state index contributed by atoms with van der Waals surface area (Å²) in [5, 5.41) is 0. The van der Waals surface area contributed by atoms with Crippen molar-refractivity contribution in [3.8, 4) is 5.75 Å². The second-order valence-electron chi connectivity index (χ2n) is 3.07. The van der Waals surface area contributed by atoms with Gasteiger partial charge in [0.25, 0.3) is 0 Å². The first-order valence-corrected chi connectivity index (χ1v) is 5.22. The Balaban J connectivity index is 2.70. The normalized spacial score (nSPS) is 10.9. The molecule has 0 saturated heterocycles. The van der Waals surface area contributed by atoms with Gasteiger partial charge in [0.2, 0.25) is 0 Å². The highest BCUT2D eigenvalue weighted by Gasteiger charge is 2.03. The molecule has 0 bridgehead atoms. The molecule has 1 aromatic rings. The third kappa shape index (κ3) is 3.31. The second kappa shape index (κ2) is 4.56. The van der Waals surface area contributed by atoms with Crippen molar-refractivity contribution in [2.45, 2.75) is 19.8 Å². The molecule has 1 aromatic carbocycles. The molecule has 13 heavy (non-hydrogen) atoms. The van der Waals surface area contributed by atoms with Crippen molar-refractivity contribution < 1.29 is 14.3 Å². The Kier molecular flexibility index (Phi) is 3.67. The molecule has 0 amide bonds. The number of benzene rings is 1. The first-order chi connectivity index (χ1) is 6.09. The standard InChI is InChI=1S/C9H13O3P/c1-7(2)8-3-5-9(6-4-8)12-13(10)11/h3-7,10-11H,1-2H3. The van der Waals surface area contributed by atoms with Crippen molar-refractivity contribution in [3.63, 3.8) is 0 Å². The van der Waals surface area contributed by atoms with Crippen LogP contribution in [0.1, 0.15) is 25.3 Å². The lowest BCUT2D eigenvalue weighted by atomic mass is 10.0. The Hall–Kier alpha value is -0.630. The molecule has 1 rings (SSSR count). The topological polar surface area (TPSA) is 49.7 Å². The third-order valence-electron chi connectivity index (χ3n) is 1.73. The summed E-state index contributed by atoms with van der Waals surface area (Å²) in [7, 11) is -2.30. The average molecular weight is 200 g/mol. The van der Waals surface area contributed by atoms with Crippen molar-refractivity contribution in [1.82, 2.24) is 0 Å². The molecular formula is C9H13O3P. The van der Waals surface area contributed by atoms with E-state index in [0.29, 0.717) is 11.7 Å². The summed E-state index contributed by atoms with van der Waals surface area (Å²) in [5.74, 6) is 0.958. The van der Waals surface area contributed by atoms with Crippen LogP contribution in [0.25, 0.3) is 0 Å². The minimum atomic E-state index is -2.30. The zero-order valence-corrected chi connectivity index (χ0v) is 8.53. The average Bonchev–Trinajstić information content (AvgIpc) is 2.04. The van der Waals surface area contributed by atoms with Gasteiger partial charge in [-0.1, -0.05) is 26.0 Å². The van der Waals surface area contributed by atoms with Gasteiger partial charge >= 0.3 is 8.60 Å². The number of hydrogen-bond acceptors (Lipinski definition) is 3. The monoisotopic (exact) mass is 200 g/mol. The molecule has 0 unspecified atom stereocenters. The molecule has 0 spiro atoms. The van der Waals surface area contributed by atoms with Crippen molar-refractivity contribution in [1.29, 1.82) is 0 Å². The van der Waals surface area contributed by atoms with Gasteiger partial charge < -0.3 is 14.3 Å². The minimum absolute atomic E-state index is 0.471. The highest BCUT2D eigenvalue weighted by molar-refractivity contribution is 7.39. The van der Waals surface area contributed by atoms with Crippen LogP contribution in [0.5, 0.6) is 5.75 Å². The maximum Gasteiger partial charge on any atom is 0.391 e. The zero-order chi connectivity index (χ0) is 9.84. The van der Waals surface area contributed by atoms with Crippen LogP contribution >= 0.6 is 8.60 Å². The molecular weight excluding hydrogens is 187 g/mol. The third-order valence-corrected chi connectivity index (χ3v) is 2.11. The lowest BCUT2D eigenvalue weighted by Gasteiger charge is -2.08. The molecule has 0 atom stereocenters. The summed E-state index contributed by atoms with van der Waals surface area (Å²) in [6, 6.07) is 7.30. The Morgan fingerprint density at radius 2 is 1.69 bits per heavy atom. The van der Waals surface area contributed by atoms with Crippen LogP contribution in [0.2, 0.25) is 0 Å². The lowest BCUT2D eigenvalue weighted by molar-refractivity contribution is 0.375. The van der Waals surface area contributed by atoms with Gasteiger partial charge in [0.05, 0.1) is 0 Å². The van der Waals surface area contributed by atoms with E-state index in [1.807, 2.05) is 12.1 Å². The van der Waals surface area contributed by atoms with Crippen LogP contribution < -0.4 is 4.52 Å². The van der Waals surface area contributed by atoms with Crippen LogP contribution in [0.4, 0.5) is 0 Å². The van der Waals surface area contributed by atoms with E-state index in [0.717, 1.165) is 0 Å². The van der Waals surface area contributed by atoms with Crippen LogP contribution in [0, 0.1) is 0 Å². The SMILES string of the molecule is CC(C)c1ccc(OP(O)O)cc1. The molecule has 0 aliphatic heterocycles. The van der Waals surface area contributed by atoms with Crippen molar-refractivity contribution in [2.75, 3.05) is 0 Å². The molecule has 0 aliphatic rings. The maximum atomic E-state index is 8.58. The van der Waals surface area contributed by atoms with Gasteiger partial charge in [0, 0.05) is 0 Å². The van der Waals surface area contributed by atoms with E-state index < -0.39 is 8.60 Å². The summed E-state index contributed by atoms with van der Waals surface area (Å²) in [4.78, 5) is 17.2. The van der Waals surface area contributed by atoms with Crippen LogP contribution in [0.15, 0.2) is 24.3 Å². The van der Waals surface area contributed by atoms with Gasteiger partial charge in [-0.05, 0) is 23.6 Å². The Bertz CT molecular complexity index is 256. The summed E-state index contributed by atoms with van der Waals surface area (Å²) in [6.45, 7) is 4.20.